The Bertz CT molecular complexity index is 300. The topological polar surface area (TPSA) is 89.4 Å². The summed E-state index contributed by atoms with van der Waals surface area (Å²) < 4.78 is 0. The first-order valence-corrected chi connectivity index (χ1v) is 4.59. The summed E-state index contributed by atoms with van der Waals surface area (Å²) in [6.45, 7) is 0.368. The molecule has 5 nitrogen and oxygen atoms in total. The molecule has 1 aromatic rings. The Morgan fingerprint density at radius 2 is 2.38 bits per heavy atom. The van der Waals surface area contributed by atoms with Crippen LogP contribution >= 0.6 is 11.3 Å². The van der Waals surface area contributed by atoms with Gasteiger partial charge in [-0.3, -0.25) is 10.1 Å². The number of nitrogens with zero attached hydrogens (tertiary/aromatic N) is 1. The first kappa shape index (κ1) is 10.1. The monoisotopic (exact) mass is 202 g/mol. The van der Waals surface area contributed by atoms with Crippen molar-refractivity contribution in [1.82, 2.24) is 0 Å². The van der Waals surface area contributed by atoms with E-state index < -0.39 is 11.0 Å². The van der Waals surface area contributed by atoms with Crippen molar-refractivity contribution >= 4 is 16.3 Å². The van der Waals surface area contributed by atoms with Crippen molar-refractivity contribution in [3.8, 4) is 0 Å². The number of hydrogen-bond acceptors (Lipinski definition) is 5. The first-order chi connectivity index (χ1) is 6.15. The van der Waals surface area contributed by atoms with Gasteiger partial charge in [-0.15, -0.1) is 0 Å². The number of hydrogen-bond donors (Lipinski definition) is 2. The lowest BCUT2D eigenvalue weighted by atomic mass is 10.2. The molecule has 0 bridgehead atoms. The Balaban J connectivity index is 2.73. The van der Waals surface area contributed by atoms with E-state index in [1.54, 1.807) is 6.07 Å². The third kappa shape index (κ3) is 2.48. The molecular weight excluding hydrogens is 192 g/mol. The standard InChI is InChI=1S/C7H10N2O3S/c8-4-3-5(10)6-1-2-7(13-6)9(11)12/h1-2,5,10H,3-4,8H2. The molecule has 0 aromatic carbocycles. The van der Waals surface area contributed by atoms with Crippen LogP contribution in [-0.2, 0) is 0 Å². The highest BCUT2D eigenvalue weighted by molar-refractivity contribution is 7.15. The van der Waals surface area contributed by atoms with Gasteiger partial charge >= 0.3 is 5.00 Å². The molecule has 0 aliphatic carbocycles. The minimum absolute atomic E-state index is 0.0473. The van der Waals surface area contributed by atoms with Crippen molar-refractivity contribution in [2.24, 2.45) is 5.73 Å². The SMILES string of the molecule is NCCC(O)c1ccc([N+](=O)[O-])s1. The molecule has 1 heterocycles. The van der Waals surface area contributed by atoms with Gasteiger partial charge in [-0.25, -0.2) is 0 Å². The van der Waals surface area contributed by atoms with E-state index in [0.717, 1.165) is 11.3 Å². The average molecular weight is 202 g/mol. The highest BCUT2D eigenvalue weighted by Crippen LogP contribution is 2.29. The summed E-state index contributed by atoms with van der Waals surface area (Å²) >= 11 is 0.984. The third-order valence-corrected chi connectivity index (χ3v) is 2.70. The van der Waals surface area contributed by atoms with Crippen LogP contribution in [0.1, 0.15) is 17.4 Å². The summed E-state index contributed by atoms with van der Waals surface area (Å²) in [6, 6.07) is 2.95. The van der Waals surface area contributed by atoms with Crippen molar-refractivity contribution < 1.29 is 10.0 Å². The Morgan fingerprint density at radius 3 is 2.85 bits per heavy atom. The maximum atomic E-state index is 10.3. The molecule has 0 saturated heterocycles. The van der Waals surface area contributed by atoms with Gasteiger partial charge in [0.25, 0.3) is 0 Å². The molecule has 3 N–H and O–H groups in total. The molecule has 0 fully saturated rings. The van der Waals surface area contributed by atoms with Crippen molar-refractivity contribution in [3.05, 3.63) is 27.1 Å². The lowest BCUT2D eigenvalue weighted by Crippen LogP contribution is -2.05. The van der Waals surface area contributed by atoms with Gasteiger partial charge in [-0.1, -0.05) is 11.3 Å². The third-order valence-electron chi connectivity index (χ3n) is 1.56. The Morgan fingerprint density at radius 1 is 1.69 bits per heavy atom. The van der Waals surface area contributed by atoms with Crippen LogP contribution in [0.5, 0.6) is 0 Å². The molecule has 0 spiro atoms. The fourth-order valence-corrected chi connectivity index (χ4v) is 1.76. The van der Waals surface area contributed by atoms with Crippen LogP contribution < -0.4 is 5.73 Å². The number of thiophene rings is 1. The maximum Gasteiger partial charge on any atom is 0.324 e. The predicted molar refractivity (Wildman–Crippen MR) is 49.6 cm³/mol. The maximum absolute atomic E-state index is 10.3. The molecule has 1 rings (SSSR count). The largest absolute Gasteiger partial charge is 0.388 e. The fraction of sp³-hybridized carbons (Fsp3) is 0.429. The molecule has 1 aromatic heterocycles. The second-order valence-corrected chi connectivity index (χ2v) is 3.62. The van der Waals surface area contributed by atoms with Crippen molar-refractivity contribution in [3.63, 3.8) is 0 Å². The number of nitrogens with two attached hydrogens (primary N) is 1. The van der Waals surface area contributed by atoms with Gasteiger partial charge in [0.15, 0.2) is 0 Å². The van der Waals surface area contributed by atoms with Crippen molar-refractivity contribution in [2.75, 3.05) is 6.54 Å². The zero-order valence-corrected chi connectivity index (χ0v) is 7.66. The van der Waals surface area contributed by atoms with Crippen LogP contribution in [0.2, 0.25) is 0 Å². The van der Waals surface area contributed by atoms with Gasteiger partial charge in [0.2, 0.25) is 0 Å². The lowest BCUT2D eigenvalue weighted by molar-refractivity contribution is -0.380. The molecule has 13 heavy (non-hydrogen) atoms. The molecule has 6 heteroatoms. The molecule has 0 aliphatic rings. The number of aliphatic hydroxyl groups excluding tert-OH is 1. The summed E-state index contributed by atoms with van der Waals surface area (Å²) in [7, 11) is 0. The quantitative estimate of drug-likeness (QED) is 0.563. The first-order valence-electron chi connectivity index (χ1n) is 3.77. The fourth-order valence-electron chi connectivity index (χ4n) is 0.920. The summed E-state index contributed by atoms with van der Waals surface area (Å²) in [5.74, 6) is 0. The van der Waals surface area contributed by atoms with Crippen LogP contribution in [0.25, 0.3) is 0 Å². The summed E-state index contributed by atoms with van der Waals surface area (Å²) in [6.07, 6.45) is -0.249. The van der Waals surface area contributed by atoms with Crippen LogP contribution in [0.15, 0.2) is 12.1 Å². The number of aliphatic hydroxyl groups is 1. The molecule has 1 unspecified atom stereocenters. The van der Waals surface area contributed by atoms with Crippen LogP contribution in [-0.4, -0.2) is 16.6 Å². The Kier molecular flexibility index (Phi) is 3.35. The molecule has 1 atom stereocenters. The highest BCUT2D eigenvalue weighted by Gasteiger charge is 2.14. The van der Waals surface area contributed by atoms with E-state index in [0.29, 0.717) is 17.8 Å². The van der Waals surface area contributed by atoms with Crippen LogP contribution in [0.3, 0.4) is 0 Å². The van der Waals surface area contributed by atoms with E-state index in [1.807, 2.05) is 0 Å². The number of rotatable bonds is 4. The molecule has 0 radical (unpaired) electrons. The average Bonchev–Trinajstić information content (AvgIpc) is 2.52. The molecule has 0 aliphatic heterocycles. The van der Waals surface area contributed by atoms with E-state index in [1.165, 1.54) is 6.07 Å². The lowest BCUT2D eigenvalue weighted by Gasteiger charge is -2.03. The number of nitro groups is 1. The van der Waals surface area contributed by atoms with Crippen LogP contribution in [0, 0.1) is 10.1 Å². The predicted octanol–water partition coefficient (Wildman–Crippen LogP) is 1.04. The Labute approximate surface area is 79.0 Å². The van der Waals surface area contributed by atoms with Gasteiger partial charge in [0, 0.05) is 10.9 Å². The Hall–Kier alpha value is -0.980. The highest BCUT2D eigenvalue weighted by atomic mass is 32.1. The van der Waals surface area contributed by atoms with Gasteiger partial charge in [0.05, 0.1) is 11.0 Å². The normalized spacial score (nSPS) is 12.8. The minimum atomic E-state index is -0.677. The second-order valence-electron chi connectivity index (χ2n) is 2.53. The zero-order valence-electron chi connectivity index (χ0n) is 6.84. The van der Waals surface area contributed by atoms with E-state index in [2.05, 4.69) is 0 Å². The summed E-state index contributed by atoms with van der Waals surface area (Å²) in [5.41, 5.74) is 5.24. The molecule has 0 amide bonds. The van der Waals surface area contributed by atoms with Gasteiger partial charge in [-0.05, 0) is 19.0 Å². The molecule has 72 valence electrons. The smallest absolute Gasteiger partial charge is 0.324 e. The van der Waals surface area contributed by atoms with E-state index in [4.69, 9.17) is 5.73 Å². The van der Waals surface area contributed by atoms with Gasteiger partial charge < -0.3 is 10.8 Å². The molecule has 0 saturated carbocycles. The van der Waals surface area contributed by atoms with Crippen LogP contribution in [0.4, 0.5) is 5.00 Å². The minimum Gasteiger partial charge on any atom is -0.388 e. The molecular formula is C7H10N2O3S. The summed E-state index contributed by atoms with van der Waals surface area (Å²) in [5, 5.41) is 19.8. The van der Waals surface area contributed by atoms with Gasteiger partial charge in [-0.2, -0.15) is 0 Å². The van der Waals surface area contributed by atoms with Crippen molar-refractivity contribution in [1.29, 1.82) is 0 Å². The summed E-state index contributed by atoms with van der Waals surface area (Å²) in [4.78, 5) is 10.4. The van der Waals surface area contributed by atoms with E-state index in [-0.39, 0.29) is 5.00 Å². The van der Waals surface area contributed by atoms with Crippen molar-refractivity contribution in [2.45, 2.75) is 12.5 Å². The second kappa shape index (κ2) is 4.31. The van der Waals surface area contributed by atoms with E-state index >= 15 is 0 Å². The van der Waals surface area contributed by atoms with Gasteiger partial charge in [0.1, 0.15) is 0 Å². The van der Waals surface area contributed by atoms with E-state index in [9.17, 15) is 15.2 Å². The zero-order chi connectivity index (χ0) is 9.84.